The molecule has 1 N–H and O–H groups in total. The zero-order chi connectivity index (χ0) is 19.8. The van der Waals surface area contributed by atoms with Crippen molar-refractivity contribution in [3.63, 3.8) is 0 Å². The van der Waals surface area contributed by atoms with Gasteiger partial charge in [0, 0.05) is 16.9 Å². The van der Waals surface area contributed by atoms with Crippen LogP contribution in [0.3, 0.4) is 0 Å². The van der Waals surface area contributed by atoms with E-state index in [-0.39, 0.29) is 11.3 Å². The minimum Gasteiger partial charge on any atom is -0.478 e. The minimum absolute atomic E-state index is 0.142. The predicted molar refractivity (Wildman–Crippen MR) is 112 cm³/mol. The Labute approximate surface area is 164 Å². The molecule has 0 radical (unpaired) electrons. The Kier molecular flexibility index (Phi) is 5.65. The molecule has 2 nitrogen and oxygen atoms in total. The topological polar surface area (TPSA) is 37.3 Å². The average Bonchev–Trinajstić information content (AvgIpc) is 2.97. The molecule has 0 unspecified atom stereocenters. The molecule has 27 heavy (non-hydrogen) atoms. The number of rotatable bonds is 5. The van der Waals surface area contributed by atoms with E-state index in [1.807, 2.05) is 0 Å². The van der Waals surface area contributed by atoms with Crippen molar-refractivity contribution in [1.29, 1.82) is 0 Å². The van der Waals surface area contributed by atoms with Gasteiger partial charge in [0.1, 0.15) is 0 Å². The van der Waals surface area contributed by atoms with Crippen LogP contribution < -0.4 is 0 Å². The van der Waals surface area contributed by atoms with Crippen molar-refractivity contribution in [1.82, 2.24) is 0 Å². The molecular weight excluding hydrogens is 332 g/mol. The van der Waals surface area contributed by atoms with Gasteiger partial charge in [0.2, 0.25) is 0 Å². The van der Waals surface area contributed by atoms with E-state index in [4.69, 9.17) is 0 Å². The predicted octanol–water partition coefficient (Wildman–Crippen LogP) is 6.46. The van der Waals surface area contributed by atoms with Crippen molar-refractivity contribution in [2.75, 3.05) is 0 Å². The third-order valence-corrected chi connectivity index (χ3v) is 7.37. The Balaban J connectivity index is 2.27. The molecule has 1 fully saturated rings. The lowest BCUT2D eigenvalue weighted by molar-refractivity contribution is -0.132. The molecule has 0 spiro atoms. The van der Waals surface area contributed by atoms with Crippen LogP contribution in [-0.2, 0) is 4.79 Å². The number of hydrogen-bond acceptors (Lipinski definition) is 1. The minimum atomic E-state index is -0.796. The number of aliphatic carboxylic acids is 1. The Hall–Kier alpha value is -1.83. The van der Waals surface area contributed by atoms with Gasteiger partial charge in [0.05, 0.1) is 0 Å². The van der Waals surface area contributed by atoms with Crippen LogP contribution in [0.15, 0.2) is 53.6 Å². The zero-order valence-corrected chi connectivity index (χ0v) is 17.4. The number of benzene rings is 1. The number of hydrogen-bond donors (Lipinski definition) is 1. The number of allylic oxidation sites excluding steroid dienone is 3. The van der Waals surface area contributed by atoms with Crippen molar-refractivity contribution in [2.45, 2.75) is 59.8 Å². The largest absolute Gasteiger partial charge is 0.478 e. The van der Waals surface area contributed by atoms with Gasteiger partial charge in [0.25, 0.3) is 0 Å². The number of carbonyl (C=O) groups is 1. The third-order valence-electron chi connectivity index (χ3n) is 7.37. The lowest BCUT2D eigenvalue weighted by atomic mass is 9.52. The third kappa shape index (κ3) is 3.28. The quantitative estimate of drug-likeness (QED) is 0.480. The highest BCUT2D eigenvalue weighted by molar-refractivity contribution is 5.86. The van der Waals surface area contributed by atoms with Gasteiger partial charge < -0.3 is 5.11 Å². The Bertz CT molecular complexity index is 745. The molecule has 0 amide bonds. The highest BCUT2D eigenvalue weighted by atomic mass is 16.4. The highest BCUT2D eigenvalue weighted by Crippen LogP contribution is 2.63. The molecule has 2 aliphatic carbocycles. The van der Waals surface area contributed by atoms with Crippen molar-refractivity contribution >= 4 is 5.97 Å². The second-order valence-corrected chi connectivity index (χ2v) is 8.82. The highest BCUT2D eigenvalue weighted by Gasteiger charge is 2.55. The first-order valence-corrected chi connectivity index (χ1v) is 10.5. The van der Waals surface area contributed by atoms with Gasteiger partial charge in [-0.15, -0.1) is 0 Å². The standard InChI is InChI=1S/C25H34O2/c1-6-19-14-21(20-11-9-8-10-12-20)25(7-2,15-18(5)24(26)27)23-17(4)13-16(3)22(19)23/h8-12,14-17,21-23H,6-7,13H2,1-5H3,(H,26,27)/t16-,17-,21+,22+,23-,25+/m1/s1. The van der Waals surface area contributed by atoms with Crippen LogP contribution in [0, 0.1) is 29.1 Å². The smallest absolute Gasteiger partial charge is 0.330 e. The number of carboxylic acid groups (broad SMARTS) is 1. The maximum atomic E-state index is 11.7. The molecule has 2 heteroatoms. The van der Waals surface area contributed by atoms with Gasteiger partial charge >= 0.3 is 5.97 Å². The summed E-state index contributed by atoms with van der Waals surface area (Å²) in [5, 5.41) is 9.65. The average molecular weight is 367 g/mol. The van der Waals surface area contributed by atoms with Gasteiger partial charge in [-0.05, 0) is 55.4 Å². The van der Waals surface area contributed by atoms with E-state index in [1.165, 1.54) is 12.0 Å². The fourth-order valence-electron chi connectivity index (χ4n) is 6.36. The van der Waals surface area contributed by atoms with E-state index in [2.05, 4.69) is 70.2 Å². The summed E-state index contributed by atoms with van der Waals surface area (Å²) in [5.41, 5.74) is 3.23. The van der Waals surface area contributed by atoms with Crippen LogP contribution in [0.4, 0.5) is 0 Å². The molecule has 1 aromatic rings. The van der Waals surface area contributed by atoms with Gasteiger partial charge in [0.15, 0.2) is 0 Å². The lowest BCUT2D eigenvalue weighted by Gasteiger charge is -2.51. The summed E-state index contributed by atoms with van der Waals surface area (Å²) in [6.07, 6.45) is 7.91. The molecule has 3 rings (SSSR count). The zero-order valence-electron chi connectivity index (χ0n) is 17.4. The van der Waals surface area contributed by atoms with Crippen LogP contribution in [-0.4, -0.2) is 11.1 Å². The van der Waals surface area contributed by atoms with Crippen molar-refractivity contribution in [3.05, 3.63) is 59.2 Å². The van der Waals surface area contributed by atoms with Gasteiger partial charge in [-0.25, -0.2) is 4.79 Å². The molecule has 0 saturated heterocycles. The SMILES string of the molecule is CCC1=C[C@@H](c2ccccc2)[C@@](C=C(C)C(=O)O)(CC)[C@H]2[C@H]1[C@H](C)C[C@H]2C. The summed E-state index contributed by atoms with van der Waals surface area (Å²) in [6.45, 7) is 11.1. The first-order valence-electron chi connectivity index (χ1n) is 10.5. The van der Waals surface area contributed by atoms with E-state index in [9.17, 15) is 9.90 Å². The first-order chi connectivity index (χ1) is 12.9. The van der Waals surface area contributed by atoms with Crippen LogP contribution in [0.5, 0.6) is 0 Å². The molecule has 1 aromatic carbocycles. The Morgan fingerprint density at radius 1 is 1.19 bits per heavy atom. The van der Waals surface area contributed by atoms with Crippen LogP contribution >= 0.6 is 0 Å². The number of fused-ring (bicyclic) bond motifs is 1. The van der Waals surface area contributed by atoms with E-state index in [0.717, 1.165) is 12.8 Å². The molecular formula is C25H34O2. The molecule has 1 saturated carbocycles. The summed E-state index contributed by atoms with van der Waals surface area (Å²) in [7, 11) is 0. The van der Waals surface area contributed by atoms with E-state index in [0.29, 0.717) is 29.2 Å². The number of carboxylic acids is 1. The molecule has 0 bridgehead atoms. The molecule has 0 aliphatic heterocycles. The van der Waals surface area contributed by atoms with Gasteiger partial charge in [-0.1, -0.05) is 75.8 Å². The molecule has 2 aliphatic rings. The molecule has 0 aromatic heterocycles. The van der Waals surface area contributed by atoms with Crippen molar-refractivity contribution < 1.29 is 9.90 Å². The molecule has 6 atom stereocenters. The summed E-state index contributed by atoms with van der Waals surface area (Å²) in [5.74, 6) is 1.78. The molecule has 146 valence electrons. The monoisotopic (exact) mass is 366 g/mol. The van der Waals surface area contributed by atoms with E-state index >= 15 is 0 Å². The second-order valence-electron chi connectivity index (χ2n) is 8.82. The van der Waals surface area contributed by atoms with Gasteiger partial charge in [-0.3, -0.25) is 0 Å². The van der Waals surface area contributed by atoms with Crippen molar-refractivity contribution in [3.8, 4) is 0 Å². The fourth-order valence-corrected chi connectivity index (χ4v) is 6.36. The summed E-state index contributed by atoms with van der Waals surface area (Å²) < 4.78 is 0. The fraction of sp³-hybridized carbons (Fsp3) is 0.560. The molecule has 0 heterocycles. The summed E-state index contributed by atoms with van der Waals surface area (Å²) >= 11 is 0. The Morgan fingerprint density at radius 2 is 1.85 bits per heavy atom. The van der Waals surface area contributed by atoms with Gasteiger partial charge in [-0.2, -0.15) is 0 Å². The lowest BCUT2D eigenvalue weighted by Crippen LogP contribution is -2.43. The first kappa shape index (κ1) is 19.9. The van der Waals surface area contributed by atoms with Crippen LogP contribution in [0.1, 0.15) is 65.4 Å². The van der Waals surface area contributed by atoms with E-state index in [1.54, 1.807) is 12.5 Å². The Morgan fingerprint density at radius 3 is 2.41 bits per heavy atom. The summed E-state index contributed by atoms with van der Waals surface area (Å²) in [4.78, 5) is 11.7. The second kappa shape index (κ2) is 7.66. The normalized spacial score (nSPS) is 36.3. The summed E-state index contributed by atoms with van der Waals surface area (Å²) in [6, 6.07) is 10.7. The van der Waals surface area contributed by atoms with E-state index < -0.39 is 5.97 Å². The maximum absolute atomic E-state index is 11.7. The van der Waals surface area contributed by atoms with Crippen molar-refractivity contribution in [2.24, 2.45) is 29.1 Å². The van der Waals surface area contributed by atoms with Crippen LogP contribution in [0.2, 0.25) is 0 Å². The maximum Gasteiger partial charge on any atom is 0.330 e. The van der Waals surface area contributed by atoms with Crippen LogP contribution in [0.25, 0.3) is 0 Å².